The van der Waals surface area contributed by atoms with Crippen LogP contribution in [0.1, 0.15) is 31.4 Å². The highest BCUT2D eigenvalue weighted by molar-refractivity contribution is 5.83. The minimum absolute atomic E-state index is 0.135. The zero-order chi connectivity index (χ0) is 19.4. The van der Waals surface area contributed by atoms with Crippen molar-refractivity contribution in [2.75, 3.05) is 12.3 Å². The van der Waals surface area contributed by atoms with Crippen LogP contribution >= 0.6 is 0 Å². The van der Waals surface area contributed by atoms with Crippen LogP contribution in [0.4, 0.5) is 14.6 Å². The van der Waals surface area contributed by atoms with Gasteiger partial charge in [-0.05, 0) is 18.4 Å². The number of halogens is 2. The highest BCUT2D eigenvalue weighted by atomic mass is 19.1. The number of pyridine rings is 1. The molecule has 0 saturated heterocycles. The van der Waals surface area contributed by atoms with Crippen LogP contribution in [-0.4, -0.2) is 11.6 Å². The van der Waals surface area contributed by atoms with Gasteiger partial charge in [0, 0.05) is 17.2 Å². The lowest BCUT2D eigenvalue weighted by Gasteiger charge is -2.16. The number of H-pyrrole nitrogens is 1. The predicted molar refractivity (Wildman–Crippen MR) is 91.2 cm³/mol. The molecular weight excluding hydrogens is 342 g/mol. The summed E-state index contributed by atoms with van der Waals surface area (Å²) in [6.45, 7) is 4.03. The molecule has 1 aromatic heterocycles. The van der Waals surface area contributed by atoms with E-state index < -0.39 is 22.8 Å². The highest BCUT2D eigenvalue weighted by Crippen LogP contribution is 2.37. The first-order chi connectivity index (χ1) is 12.3. The van der Waals surface area contributed by atoms with Crippen LogP contribution in [0.5, 0.6) is 5.75 Å². The van der Waals surface area contributed by atoms with Gasteiger partial charge in [-0.3, -0.25) is 4.79 Å². The normalized spacial score (nSPS) is 10.4. The Morgan fingerprint density at radius 2 is 1.88 bits per heavy atom. The highest BCUT2D eigenvalue weighted by Gasteiger charge is 2.24. The summed E-state index contributed by atoms with van der Waals surface area (Å²) in [5.41, 5.74) is 3.57. The Balaban J connectivity index is 2.79. The van der Waals surface area contributed by atoms with E-state index in [0.29, 0.717) is 12.5 Å². The summed E-state index contributed by atoms with van der Waals surface area (Å²) in [4.78, 5) is 14.2. The average Bonchev–Trinajstić information content (AvgIpc) is 2.55. The first-order valence-electron chi connectivity index (χ1n) is 7.78. The fourth-order valence-corrected chi connectivity index (χ4v) is 2.40. The Hall–Kier alpha value is -3.39. The third-order valence-corrected chi connectivity index (χ3v) is 3.69. The van der Waals surface area contributed by atoms with Crippen LogP contribution < -0.4 is 16.0 Å². The number of ether oxygens (including phenoxy) is 1. The first kappa shape index (κ1) is 18.9. The maximum Gasteiger partial charge on any atom is 0.268 e. The second kappa shape index (κ2) is 7.66. The van der Waals surface area contributed by atoms with Crippen LogP contribution in [0.15, 0.2) is 16.9 Å². The van der Waals surface area contributed by atoms with Gasteiger partial charge in [0.15, 0.2) is 11.6 Å². The minimum Gasteiger partial charge on any atom is -0.490 e. The van der Waals surface area contributed by atoms with Crippen LogP contribution in [0.3, 0.4) is 0 Å². The molecule has 1 heterocycles. The van der Waals surface area contributed by atoms with E-state index in [9.17, 15) is 24.1 Å². The number of nitrogens with one attached hydrogen (secondary N) is 1. The van der Waals surface area contributed by atoms with E-state index in [4.69, 9.17) is 10.5 Å². The van der Waals surface area contributed by atoms with Gasteiger partial charge < -0.3 is 15.5 Å². The number of anilines is 1. The quantitative estimate of drug-likeness (QED) is 0.852. The molecule has 1 aromatic carbocycles. The maximum atomic E-state index is 14.3. The van der Waals surface area contributed by atoms with Gasteiger partial charge in [-0.1, -0.05) is 13.8 Å². The zero-order valence-corrected chi connectivity index (χ0v) is 14.2. The lowest BCUT2D eigenvalue weighted by Crippen LogP contribution is -2.17. The Labute approximate surface area is 148 Å². The largest absolute Gasteiger partial charge is 0.490 e. The van der Waals surface area contributed by atoms with Gasteiger partial charge in [0.1, 0.15) is 34.9 Å². The van der Waals surface area contributed by atoms with Crippen LogP contribution in [-0.2, 0) is 0 Å². The molecule has 6 nitrogen and oxygen atoms in total. The molecule has 134 valence electrons. The third-order valence-electron chi connectivity index (χ3n) is 3.69. The fourth-order valence-electron chi connectivity index (χ4n) is 2.40. The van der Waals surface area contributed by atoms with Crippen molar-refractivity contribution in [2.45, 2.75) is 20.3 Å². The lowest BCUT2D eigenvalue weighted by atomic mass is 9.95. The van der Waals surface area contributed by atoms with Gasteiger partial charge in [0.2, 0.25) is 0 Å². The molecule has 0 unspecified atom stereocenters. The van der Waals surface area contributed by atoms with E-state index in [0.717, 1.165) is 6.07 Å². The number of nitrogens with zero attached hydrogens (tertiary/aromatic N) is 2. The van der Waals surface area contributed by atoms with E-state index in [1.54, 1.807) is 12.1 Å². The molecule has 0 spiro atoms. The van der Waals surface area contributed by atoms with Gasteiger partial charge in [-0.25, -0.2) is 8.78 Å². The molecule has 0 fully saturated rings. The maximum absolute atomic E-state index is 14.3. The van der Waals surface area contributed by atoms with Crippen molar-refractivity contribution in [2.24, 2.45) is 5.92 Å². The van der Waals surface area contributed by atoms with Gasteiger partial charge in [-0.15, -0.1) is 0 Å². The van der Waals surface area contributed by atoms with Crippen LogP contribution in [0.2, 0.25) is 0 Å². The van der Waals surface area contributed by atoms with Crippen molar-refractivity contribution in [1.82, 2.24) is 4.98 Å². The molecule has 0 amide bonds. The molecule has 3 N–H and O–H groups in total. The summed E-state index contributed by atoms with van der Waals surface area (Å²) >= 11 is 0. The van der Waals surface area contributed by atoms with Crippen molar-refractivity contribution in [3.63, 3.8) is 0 Å². The summed E-state index contributed by atoms with van der Waals surface area (Å²) in [6.07, 6.45) is 0.601. The zero-order valence-electron chi connectivity index (χ0n) is 14.2. The number of nitrogen functional groups attached to an aromatic ring is 1. The monoisotopic (exact) mass is 358 g/mol. The Kier molecular flexibility index (Phi) is 5.58. The summed E-state index contributed by atoms with van der Waals surface area (Å²) in [5, 5.41) is 18.7. The van der Waals surface area contributed by atoms with Crippen molar-refractivity contribution in [3.05, 3.63) is 45.2 Å². The second-order valence-corrected chi connectivity index (χ2v) is 6.01. The molecule has 2 aromatic rings. The van der Waals surface area contributed by atoms with Crippen LogP contribution in [0, 0.1) is 40.2 Å². The number of nitriles is 2. The van der Waals surface area contributed by atoms with E-state index in [2.05, 4.69) is 4.98 Å². The molecule has 0 saturated carbocycles. The summed E-state index contributed by atoms with van der Waals surface area (Å²) in [7, 11) is 0. The van der Waals surface area contributed by atoms with Crippen molar-refractivity contribution in [1.29, 1.82) is 10.5 Å². The second-order valence-electron chi connectivity index (χ2n) is 6.01. The summed E-state index contributed by atoms with van der Waals surface area (Å²) in [5.74, 6) is -2.31. The summed E-state index contributed by atoms with van der Waals surface area (Å²) < 4.78 is 33.6. The molecule has 0 aliphatic heterocycles. The molecule has 0 atom stereocenters. The first-order valence-corrected chi connectivity index (χ1v) is 7.78. The molecule has 8 heteroatoms. The smallest absolute Gasteiger partial charge is 0.268 e. The number of hydrogen-bond donors (Lipinski definition) is 2. The van der Waals surface area contributed by atoms with E-state index >= 15 is 0 Å². The number of rotatable bonds is 5. The Bertz CT molecular complexity index is 985. The van der Waals surface area contributed by atoms with Crippen molar-refractivity contribution >= 4 is 5.82 Å². The number of hydrogen-bond acceptors (Lipinski definition) is 5. The molecular formula is C18H16F2N4O2. The molecule has 2 rings (SSSR count). The fraction of sp³-hybridized carbons (Fsp3) is 0.278. The van der Waals surface area contributed by atoms with Gasteiger partial charge in [-0.2, -0.15) is 10.5 Å². The Morgan fingerprint density at radius 1 is 1.23 bits per heavy atom. The lowest BCUT2D eigenvalue weighted by molar-refractivity contribution is 0.277. The SMILES string of the molecule is CC(C)CCOc1c(F)cc(F)cc1-c1c(C#N)c(N)[nH]c(=O)c1C#N. The van der Waals surface area contributed by atoms with E-state index in [1.807, 2.05) is 13.8 Å². The predicted octanol–water partition coefficient (Wildman–Crippen LogP) is 3.07. The number of aromatic amines is 1. The molecule has 0 aliphatic rings. The molecule has 0 bridgehead atoms. The van der Waals surface area contributed by atoms with Gasteiger partial charge in [0.25, 0.3) is 5.56 Å². The minimum atomic E-state index is -1.00. The molecule has 0 aliphatic carbocycles. The Morgan fingerprint density at radius 3 is 2.46 bits per heavy atom. The van der Waals surface area contributed by atoms with E-state index in [1.165, 1.54) is 0 Å². The van der Waals surface area contributed by atoms with Crippen LogP contribution in [0.25, 0.3) is 11.1 Å². The molecule has 26 heavy (non-hydrogen) atoms. The van der Waals surface area contributed by atoms with Crippen molar-refractivity contribution < 1.29 is 13.5 Å². The topological polar surface area (TPSA) is 116 Å². The number of aromatic nitrogens is 1. The van der Waals surface area contributed by atoms with Crippen molar-refractivity contribution in [3.8, 4) is 29.0 Å². The summed E-state index contributed by atoms with van der Waals surface area (Å²) in [6, 6.07) is 4.95. The number of benzene rings is 1. The van der Waals surface area contributed by atoms with Gasteiger partial charge >= 0.3 is 0 Å². The molecule has 0 radical (unpaired) electrons. The number of nitrogens with two attached hydrogens (primary N) is 1. The van der Waals surface area contributed by atoms with Gasteiger partial charge in [0.05, 0.1) is 6.61 Å². The average molecular weight is 358 g/mol. The third kappa shape index (κ3) is 3.65. The van der Waals surface area contributed by atoms with E-state index in [-0.39, 0.29) is 40.8 Å². The standard InChI is InChI=1S/C18H16F2N4O2/c1-9(2)3-4-26-16-11(5-10(19)6-14(16)20)15-12(7-21)17(23)24-18(25)13(15)8-22/h5-6,9H,3-4H2,1-2H3,(H3,23,24,25).